The van der Waals surface area contributed by atoms with Crippen molar-refractivity contribution < 1.29 is 13.6 Å². The van der Waals surface area contributed by atoms with Crippen molar-refractivity contribution in [3.8, 4) is 0 Å². The summed E-state index contributed by atoms with van der Waals surface area (Å²) in [6.45, 7) is 5.83. The lowest BCUT2D eigenvalue weighted by Crippen LogP contribution is -2.22. The lowest BCUT2D eigenvalue weighted by Gasteiger charge is -2.21. The number of benzene rings is 1. The molecule has 27 heavy (non-hydrogen) atoms. The van der Waals surface area contributed by atoms with E-state index < -0.39 is 12.1 Å². The van der Waals surface area contributed by atoms with Gasteiger partial charge in [0.15, 0.2) is 0 Å². The van der Waals surface area contributed by atoms with E-state index in [4.69, 9.17) is 11.6 Å². The maximum atomic E-state index is 13.1. The molecule has 1 N–H and O–H groups in total. The molecule has 0 unspecified atom stereocenters. The number of amides is 1. The van der Waals surface area contributed by atoms with Gasteiger partial charge >= 0.3 is 0 Å². The number of rotatable bonds is 8. The van der Waals surface area contributed by atoms with E-state index in [0.29, 0.717) is 11.4 Å². The summed E-state index contributed by atoms with van der Waals surface area (Å²) in [4.78, 5) is 14.6. The fraction of sp³-hybridized carbons (Fsp3) is 0.474. The molecule has 0 saturated heterocycles. The zero-order chi connectivity index (χ0) is 19.6. The first-order chi connectivity index (χ1) is 12.9. The van der Waals surface area contributed by atoms with Gasteiger partial charge in [-0.3, -0.25) is 9.48 Å². The number of alkyl halides is 2. The van der Waals surface area contributed by atoms with E-state index >= 15 is 0 Å². The highest BCUT2D eigenvalue weighted by molar-refractivity contribution is 6.32. The van der Waals surface area contributed by atoms with E-state index in [9.17, 15) is 13.6 Å². The van der Waals surface area contributed by atoms with Crippen molar-refractivity contribution >= 4 is 28.9 Å². The number of anilines is 2. The second-order valence-corrected chi connectivity index (χ2v) is 6.96. The van der Waals surface area contributed by atoms with Gasteiger partial charge < -0.3 is 10.2 Å². The van der Waals surface area contributed by atoms with Crippen LogP contribution in [0.1, 0.15) is 50.4 Å². The van der Waals surface area contributed by atoms with Gasteiger partial charge in [0.1, 0.15) is 12.2 Å². The number of halogens is 3. The summed E-state index contributed by atoms with van der Waals surface area (Å²) in [7, 11) is 0. The van der Waals surface area contributed by atoms with Gasteiger partial charge in [-0.25, -0.2) is 8.78 Å². The van der Waals surface area contributed by atoms with E-state index in [0.717, 1.165) is 31.6 Å². The van der Waals surface area contributed by atoms with Crippen molar-refractivity contribution in [3.05, 3.63) is 40.7 Å². The second kappa shape index (κ2) is 8.25. The zero-order valence-electron chi connectivity index (χ0n) is 15.4. The highest BCUT2D eigenvalue weighted by Gasteiger charge is 2.34. The minimum atomic E-state index is -2.76. The molecular formula is C19H23ClF2N4O. The molecule has 1 amide bonds. The van der Waals surface area contributed by atoms with E-state index in [2.05, 4.69) is 29.2 Å². The molecule has 0 spiro atoms. The number of carbonyl (C=O) groups is 1. The monoisotopic (exact) mass is 396 g/mol. The topological polar surface area (TPSA) is 50.2 Å². The van der Waals surface area contributed by atoms with Crippen LogP contribution in [0.25, 0.3) is 0 Å². The Hall–Kier alpha value is -2.15. The van der Waals surface area contributed by atoms with Crippen LogP contribution < -0.4 is 10.2 Å². The van der Waals surface area contributed by atoms with E-state index in [1.54, 1.807) is 0 Å². The Labute approximate surface area is 162 Å². The van der Waals surface area contributed by atoms with E-state index in [1.165, 1.54) is 4.68 Å². The van der Waals surface area contributed by atoms with Crippen LogP contribution in [0.5, 0.6) is 0 Å². The first kappa shape index (κ1) is 19.6. The molecule has 1 heterocycles. The Bertz CT molecular complexity index is 799. The molecule has 1 aliphatic rings. The van der Waals surface area contributed by atoms with Gasteiger partial charge in [0.05, 0.1) is 10.7 Å². The van der Waals surface area contributed by atoms with Crippen molar-refractivity contribution in [3.63, 3.8) is 0 Å². The minimum absolute atomic E-state index is 0.0103. The Morgan fingerprint density at radius 3 is 2.44 bits per heavy atom. The summed E-state index contributed by atoms with van der Waals surface area (Å²) in [5, 5.41) is 6.66. The highest BCUT2D eigenvalue weighted by Crippen LogP contribution is 2.45. The van der Waals surface area contributed by atoms with E-state index in [-0.39, 0.29) is 23.4 Å². The molecule has 1 aromatic heterocycles. The predicted molar refractivity (Wildman–Crippen MR) is 103 cm³/mol. The maximum absolute atomic E-state index is 13.1. The van der Waals surface area contributed by atoms with Gasteiger partial charge in [-0.2, -0.15) is 5.10 Å². The zero-order valence-corrected chi connectivity index (χ0v) is 16.1. The van der Waals surface area contributed by atoms with Crippen LogP contribution in [-0.4, -0.2) is 28.8 Å². The van der Waals surface area contributed by atoms with E-state index in [1.807, 2.05) is 24.3 Å². The Kier molecular flexibility index (Phi) is 5.99. The van der Waals surface area contributed by atoms with Crippen molar-refractivity contribution in [1.29, 1.82) is 0 Å². The quantitative estimate of drug-likeness (QED) is 0.694. The molecule has 8 heteroatoms. The SMILES string of the molecule is CCN(CC)c1ccc(NC(=O)Cn2nc(C(F)F)c(Cl)c2C2CC2)cc1. The number of carbonyl (C=O) groups excluding carboxylic acids is 1. The molecule has 0 radical (unpaired) electrons. The molecule has 0 aliphatic heterocycles. The molecule has 1 saturated carbocycles. The molecule has 3 rings (SSSR count). The standard InChI is InChI=1S/C19H23ClF2N4O/c1-3-25(4-2)14-9-7-13(8-10-14)23-15(27)11-26-18(12-5-6-12)16(20)17(24-26)19(21)22/h7-10,12,19H,3-6,11H2,1-2H3,(H,23,27). The van der Waals surface area contributed by atoms with Crippen molar-refractivity contribution in [2.75, 3.05) is 23.3 Å². The normalized spacial score (nSPS) is 13.9. The number of nitrogens with one attached hydrogen (secondary N) is 1. The van der Waals surface area contributed by atoms with Crippen LogP contribution in [0.3, 0.4) is 0 Å². The predicted octanol–water partition coefficient (Wildman–Crippen LogP) is 4.84. The van der Waals surface area contributed by atoms with Crippen molar-refractivity contribution in [1.82, 2.24) is 9.78 Å². The van der Waals surface area contributed by atoms with Crippen LogP contribution in [-0.2, 0) is 11.3 Å². The van der Waals surface area contributed by atoms with Gasteiger partial charge in [0.25, 0.3) is 6.43 Å². The Morgan fingerprint density at radius 2 is 1.93 bits per heavy atom. The molecular weight excluding hydrogens is 374 g/mol. The van der Waals surface area contributed by atoms with Gasteiger partial charge in [-0.15, -0.1) is 0 Å². The molecule has 1 aliphatic carbocycles. The highest BCUT2D eigenvalue weighted by atomic mass is 35.5. The fourth-order valence-corrected chi connectivity index (χ4v) is 3.53. The second-order valence-electron chi connectivity index (χ2n) is 6.58. The molecule has 1 fully saturated rings. The average Bonchev–Trinajstić information content (AvgIpc) is 3.41. The third-order valence-electron chi connectivity index (χ3n) is 4.70. The Balaban J connectivity index is 1.70. The van der Waals surface area contributed by atoms with Crippen molar-refractivity contribution in [2.24, 2.45) is 0 Å². The lowest BCUT2D eigenvalue weighted by molar-refractivity contribution is -0.117. The minimum Gasteiger partial charge on any atom is -0.372 e. The number of nitrogens with zero attached hydrogens (tertiary/aromatic N) is 3. The summed E-state index contributed by atoms with van der Waals surface area (Å²) < 4.78 is 27.5. The number of aromatic nitrogens is 2. The molecule has 146 valence electrons. The van der Waals surface area contributed by atoms with Crippen LogP contribution in [0.15, 0.2) is 24.3 Å². The number of hydrogen-bond acceptors (Lipinski definition) is 3. The van der Waals surface area contributed by atoms with Crippen molar-refractivity contribution in [2.45, 2.75) is 45.6 Å². The first-order valence-electron chi connectivity index (χ1n) is 9.13. The third-order valence-corrected chi connectivity index (χ3v) is 5.09. The van der Waals surface area contributed by atoms with Gasteiger partial charge in [0.2, 0.25) is 5.91 Å². The van der Waals surface area contributed by atoms with Gasteiger partial charge in [-0.1, -0.05) is 11.6 Å². The summed E-state index contributed by atoms with van der Waals surface area (Å²) >= 11 is 6.08. The largest absolute Gasteiger partial charge is 0.372 e. The first-order valence-corrected chi connectivity index (χ1v) is 9.51. The van der Waals surface area contributed by atoms with Crippen LogP contribution in [0.4, 0.5) is 20.2 Å². The molecule has 5 nitrogen and oxygen atoms in total. The summed E-state index contributed by atoms with van der Waals surface area (Å²) in [5.74, 6) is -0.217. The average molecular weight is 397 g/mol. The molecule has 1 aromatic carbocycles. The summed E-state index contributed by atoms with van der Waals surface area (Å²) in [6, 6.07) is 7.54. The Morgan fingerprint density at radius 1 is 1.30 bits per heavy atom. The van der Waals surface area contributed by atoms with Crippen LogP contribution >= 0.6 is 11.6 Å². The smallest absolute Gasteiger partial charge is 0.283 e. The molecule has 0 atom stereocenters. The summed E-state index contributed by atoms with van der Waals surface area (Å²) in [6.07, 6.45) is -1.00. The molecule has 2 aromatic rings. The van der Waals surface area contributed by atoms with Gasteiger partial charge in [0, 0.05) is 30.4 Å². The summed E-state index contributed by atoms with van der Waals surface area (Å²) in [5.41, 5.74) is 1.82. The molecule has 0 bridgehead atoms. The fourth-order valence-electron chi connectivity index (χ4n) is 3.16. The lowest BCUT2D eigenvalue weighted by atomic mass is 10.2. The van der Waals surface area contributed by atoms with Gasteiger partial charge in [-0.05, 0) is 51.0 Å². The number of hydrogen-bond donors (Lipinski definition) is 1. The maximum Gasteiger partial charge on any atom is 0.283 e. The third kappa shape index (κ3) is 4.40. The van der Waals surface area contributed by atoms with Crippen LogP contribution in [0, 0.1) is 0 Å². The van der Waals surface area contributed by atoms with Crippen LogP contribution in [0.2, 0.25) is 5.02 Å².